The molecule has 1 unspecified atom stereocenters. The van der Waals surface area contributed by atoms with E-state index in [1.807, 2.05) is 6.07 Å². The lowest BCUT2D eigenvalue weighted by Gasteiger charge is -2.44. The molecule has 4 fully saturated rings. The highest BCUT2D eigenvalue weighted by atomic mass is 32.2. The Bertz CT molecular complexity index is 2890. The van der Waals surface area contributed by atoms with Gasteiger partial charge in [0.1, 0.15) is 11.6 Å². The molecule has 1 spiro atoms. The summed E-state index contributed by atoms with van der Waals surface area (Å²) in [5.41, 5.74) is -0.970. The molecule has 1 saturated carbocycles. The van der Waals surface area contributed by atoms with Crippen LogP contribution in [0.15, 0.2) is 53.6 Å². The summed E-state index contributed by atoms with van der Waals surface area (Å²) in [5, 5.41) is 7.41. The van der Waals surface area contributed by atoms with Crippen LogP contribution in [0.4, 0.5) is 29.5 Å². The third-order valence-corrected chi connectivity index (χ3v) is 15.2. The van der Waals surface area contributed by atoms with Crippen LogP contribution in [0.3, 0.4) is 0 Å². The number of amides is 3. The van der Waals surface area contributed by atoms with Crippen molar-refractivity contribution < 1.29 is 40.7 Å². The van der Waals surface area contributed by atoms with Crippen LogP contribution >= 0.6 is 0 Å². The number of nitrogens with one attached hydrogen (secondary N) is 2. The van der Waals surface area contributed by atoms with Gasteiger partial charge in [0.15, 0.2) is 17.4 Å². The van der Waals surface area contributed by atoms with Gasteiger partial charge in [-0.3, -0.25) is 38.6 Å². The topological polar surface area (TPSA) is 181 Å². The maximum atomic E-state index is 15.8. The number of anilines is 2. The quantitative estimate of drug-likeness (QED) is 0.170. The van der Waals surface area contributed by atoms with Crippen LogP contribution in [0.5, 0.6) is 0 Å². The summed E-state index contributed by atoms with van der Waals surface area (Å²) in [6.07, 6.45) is 7.13. The SMILES string of the molecule is CCN(C)S(=O)(=O)Nc1ccc(F)c(C(=O)c2ccc3ncn(C4COC5(CCN(C6CCC(c7cc8c(cc7F)c(N7CCC(=O)NC7=O)nn8C)CC6)CC5)C4)c(=O)c3c2)c1F. The van der Waals surface area contributed by atoms with Gasteiger partial charge in [-0.1, -0.05) is 6.92 Å². The number of piperidine rings is 1. The van der Waals surface area contributed by atoms with Crippen molar-refractivity contribution in [3.63, 3.8) is 0 Å². The number of hydrogen-bond donors (Lipinski definition) is 2. The third kappa shape index (κ3) is 7.83. The van der Waals surface area contributed by atoms with Crippen LogP contribution in [0, 0.1) is 17.5 Å². The van der Waals surface area contributed by atoms with E-state index in [1.54, 1.807) is 18.7 Å². The van der Waals surface area contributed by atoms with Crippen LogP contribution < -0.4 is 20.5 Å². The Morgan fingerprint density at radius 3 is 2.44 bits per heavy atom. The van der Waals surface area contributed by atoms with E-state index >= 15 is 13.2 Å². The molecule has 1 atom stereocenters. The van der Waals surface area contributed by atoms with E-state index < -0.39 is 56.1 Å². The lowest BCUT2D eigenvalue weighted by Crippen LogP contribution is -2.49. The third-order valence-electron chi connectivity index (χ3n) is 13.7. The van der Waals surface area contributed by atoms with Crippen molar-refractivity contribution in [1.82, 2.24) is 33.9 Å². The van der Waals surface area contributed by atoms with E-state index in [9.17, 15) is 27.6 Å². The fraction of sp³-hybridized carbons (Fsp3) is 0.455. The molecule has 20 heteroatoms. The van der Waals surface area contributed by atoms with Gasteiger partial charge in [0.2, 0.25) is 5.91 Å². The van der Waals surface area contributed by atoms with Crippen LogP contribution in [-0.2, 0) is 26.8 Å². The van der Waals surface area contributed by atoms with E-state index in [4.69, 9.17) is 4.74 Å². The first-order valence-corrected chi connectivity index (χ1v) is 22.9. The predicted molar refractivity (Wildman–Crippen MR) is 231 cm³/mol. The normalized spacial score (nSPS) is 21.9. The van der Waals surface area contributed by atoms with Gasteiger partial charge in [-0.15, -0.1) is 0 Å². The smallest absolute Gasteiger partial charge is 0.329 e. The summed E-state index contributed by atoms with van der Waals surface area (Å²) in [6, 6.07) is 8.43. The Morgan fingerprint density at radius 1 is 0.969 bits per heavy atom. The second-order valence-corrected chi connectivity index (χ2v) is 19.1. The maximum Gasteiger partial charge on any atom is 0.329 e. The molecule has 3 saturated heterocycles. The number of aromatic nitrogens is 4. The van der Waals surface area contributed by atoms with Crippen molar-refractivity contribution in [3.8, 4) is 0 Å². The van der Waals surface area contributed by atoms with Crippen molar-refractivity contribution in [2.24, 2.45) is 7.05 Å². The lowest BCUT2D eigenvalue weighted by molar-refractivity contribution is -0.120. The highest BCUT2D eigenvalue weighted by molar-refractivity contribution is 7.90. The summed E-state index contributed by atoms with van der Waals surface area (Å²) in [4.78, 5) is 60.1. The first-order valence-electron chi connectivity index (χ1n) is 21.5. The van der Waals surface area contributed by atoms with Gasteiger partial charge in [-0.25, -0.2) is 22.9 Å². The highest BCUT2D eigenvalue weighted by Crippen LogP contribution is 2.44. The highest BCUT2D eigenvalue weighted by Gasteiger charge is 2.45. The Labute approximate surface area is 366 Å². The fourth-order valence-electron chi connectivity index (χ4n) is 9.86. The predicted octanol–water partition coefficient (Wildman–Crippen LogP) is 5.51. The molecule has 64 heavy (non-hydrogen) atoms. The first kappa shape index (κ1) is 43.5. The van der Waals surface area contributed by atoms with Gasteiger partial charge in [0, 0.05) is 63.7 Å². The number of ether oxygens (including phenoxy) is 1. The fourth-order valence-corrected chi connectivity index (χ4v) is 10.8. The van der Waals surface area contributed by atoms with E-state index in [0.29, 0.717) is 34.7 Å². The van der Waals surface area contributed by atoms with Crippen LogP contribution in [0.2, 0.25) is 0 Å². The number of imide groups is 1. The number of hydrogen-bond acceptors (Lipinski definition) is 10. The minimum absolute atomic E-state index is 0.0304. The van der Waals surface area contributed by atoms with E-state index in [2.05, 4.69) is 25.0 Å². The molecule has 0 radical (unpaired) electrons. The van der Waals surface area contributed by atoms with Gasteiger partial charge >= 0.3 is 16.2 Å². The largest absolute Gasteiger partial charge is 0.373 e. The number of halogens is 3. The zero-order valence-electron chi connectivity index (χ0n) is 35.6. The summed E-state index contributed by atoms with van der Waals surface area (Å²) in [5.74, 6) is -3.98. The van der Waals surface area contributed by atoms with Crippen molar-refractivity contribution >= 4 is 61.2 Å². The zero-order valence-corrected chi connectivity index (χ0v) is 36.4. The Kier molecular flexibility index (Phi) is 11.4. The number of aryl methyl sites for hydroxylation is 1. The van der Waals surface area contributed by atoms with Crippen LogP contribution in [0.25, 0.3) is 21.8 Å². The molecule has 3 amide bonds. The van der Waals surface area contributed by atoms with Crippen molar-refractivity contribution in [2.75, 3.05) is 49.5 Å². The van der Waals surface area contributed by atoms with E-state index in [1.165, 1.54) is 47.1 Å². The Balaban J connectivity index is 0.838. The van der Waals surface area contributed by atoms with Crippen molar-refractivity contribution in [1.29, 1.82) is 0 Å². The monoisotopic (exact) mass is 903 g/mol. The van der Waals surface area contributed by atoms with Crippen LogP contribution in [0.1, 0.15) is 91.7 Å². The number of ketones is 1. The number of benzene rings is 3. The molecule has 2 N–H and O–H groups in total. The summed E-state index contributed by atoms with van der Waals surface area (Å²) < 4.78 is 84.1. The number of urea groups is 1. The number of nitrogens with zero attached hydrogens (tertiary/aromatic N) is 7. The Morgan fingerprint density at radius 2 is 1.72 bits per heavy atom. The molecular formula is C44H48F3N9O7S. The van der Waals surface area contributed by atoms with Gasteiger partial charge in [0.05, 0.1) is 52.2 Å². The summed E-state index contributed by atoms with van der Waals surface area (Å²) >= 11 is 0. The van der Waals surface area contributed by atoms with Crippen molar-refractivity contribution in [3.05, 3.63) is 93.3 Å². The van der Waals surface area contributed by atoms with Gasteiger partial charge in [0.25, 0.3) is 5.56 Å². The number of fused-ring (bicyclic) bond motifs is 2. The number of rotatable bonds is 10. The second kappa shape index (κ2) is 16.7. The average Bonchev–Trinajstić information content (AvgIpc) is 3.83. The molecule has 1 aliphatic carbocycles. The standard InChI is InChI=1S/C44H48F3N9O7S/c1-4-52(2)64(61,62)51-35-12-10-32(45)38(39(35)47)40(58)26-7-11-34-30(19-26)42(59)56(24-48-34)28-22-44(63-23-28)14-17-54(18-15-44)27-8-5-25(6-9-27)29-21-36-31(20-33(29)46)41(50-53(36)3)55-16-13-37(57)49-43(55)60/h7,10-12,19-21,24-25,27-28,51H,4-6,8-9,13-18,22-23H2,1-3H3,(H,49,57,60). The van der Waals surface area contributed by atoms with Crippen molar-refractivity contribution in [2.45, 2.75) is 81.9 Å². The summed E-state index contributed by atoms with van der Waals surface area (Å²) in [7, 11) is -1.14. The molecule has 3 aromatic carbocycles. The molecule has 16 nitrogen and oxygen atoms in total. The minimum Gasteiger partial charge on any atom is -0.373 e. The molecule has 5 aromatic rings. The summed E-state index contributed by atoms with van der Waals surface area (Å²) in [6.45, 7) is 3.72. The molecule has 338 valence electrons. The lowest BCUT2D eigenvalue weighted by atomic mass is 9.79. The average molecular weight is 904 g/mol. The number of carbonyl (C=O) groups excluding carboxylic acids is 3. The molecule has 2 aromatic heterocycles. The van der Waals surface area contributed by atoms with Gasteiger partial charge in [-0.2, -0.15) is 17.8 Å². The van der Waals surface area contributed by atoms with Gasteiger partial charge < -0.3 is 9.64 Å². The van der Waals surface area contributed by atoms with E-state index in [-0.39, 0.29) is 66.3 Å². The molecule has 3 aliphatic heterocycles. The first-order chi connectivity index (χ1) is 30.6. The second-order valence-electron chi connectivity index (χ2n) is 17.3. The number of carbonyl (C=O) groups is 3. The molecule has 9 rings (SSSR count). The van der Waals surface area contributed by atoms with Gasteiger partial charge in [-0.05, 0) is 98.9 Å². The zero-order chi connectivity index (χ0) is 45.2. The van der Waals surface area contributed by atoms with Crippen LogP contribution in [-0.4, -0.2) is 106 Å². The molecular weight excluding hydrogens is 856 g/mol. The number of likely N-dealkylation sites (tertiary alicyclic amines) is 1. The molecule has 0 bridgehead atoms. The maximum absolute atomic E-state index is 15.8. The van der Waals surface area contributed by atoms with E-state index in [0.717, 1.165) is 68.1 Å². The molecule has 4 aliphatic rings. The Hall–Kier alpha value is -5.70. The minimum atomic E-state index is -4.18. The molecule has 5 heterocycles.